The molecule has 1 aliphatic rings. The van der Waals surface area contributed by atoms with Crippen LogP contribution >= 0.6 is 0 Å². The van der Waals surface area contributed by atoms with Crippen molar-refractivity contribution in [2.75, 3.05) is 7.05 Å². The summed E-state index contributed by atoms with van der Waals surface area (Å²) in [6.45, 7) is 6.19. The number of hydrogen-bond acceptors (Lipinski definition) is 3. The van der Waals surface area contributed by atoms with Crippen molar-refractivity contribution in [3.63, 3.8) is 0 Å². The smallest absolute Gasteiger partial charge is 0.183 e. The Hall–Kier alpha value is -0.870. The van der Waals surface area contributed by atoms with Crippen LogP contribution in [-0.2, 0) is 9.84 Å². The monoisotopic (exact) mass is 295 g/mol. The van der Waals surface area contributed by atoms with Crippen molar-refractivity contribution in [2.24, 2.45) is 5.41 Å². The molecule has 2 rings (SSSR count). The van der Waals surface area contributed by atoms with Crippen LogP contribution in [0.3, 0.4) is 0 Å². The van der Waals surface area contributed by atoms with Gasteiger partial charge in [-0.3, -0.25) is 0 Å². The molecule has 0 spiro atoms. The molecule has 2 atom stereocenters. The molecule has 4 heteroatoms. The van der Waals surface area contributed by atoms with Crippen LogP contribution in [0.15, 0.2) is 29.2 Å². The van der Waals surface area contributed by atoms with Gasteiger partial charge in [-0.1, -0.05) is 38.5 Å². The highest BCUT2D eigenvalue weighted by Gasteiger charge is 2.44. The molecule has 1 aliphatic carbocycles. The maximum absolute atomic E-state index is 13.0. The standard InChI is InChI=1S/C16H25NO2S/c1-12-8-5-6-9-13(12)20(18,19)14-10-7-11-16(2,3)15(14)17-4/h5-6,8-9,14-15,17H,7,10-11H2,1-4H3. The summed E-state index contributed by atoms with van der Waals surface area (Å²) >= 11 is 0. The Kier molecular flexibility index (Phi) is 4.26. The van der Waals surface area contributed by atoms with Crippen LogP contribution in [-0.4, -0.2) is 26.8 Å². The lowest BCUT2D eigenvalue weighted by atomic mass is 9.73. The lowest BCUT2D eigenvalue weighted by molar-refractivity contribution is 0.178. The topological polar surface area (TPSA) is 46.2 Å². The lowest BCUT2D eigenvalue weighted by Gasteiger charge is -2.43. The normalized spacial score (nSPS) is 26.4. The van der Waals surface area contributed by atoms with Crippen LogP contribution in [0, 0.1) is 12.3 Å². The predicted octanol–water partition coefficient (Wildman–Crippen LogP) is 2.94. The van der Waals surface area contributed by atoms with Crippen LogP contribution in [0.1, 0.15) is 38.7 Å². The third-order valence-corrected chi connectivity index (χ3v) is 7.01. The van der Waals surface area contributed by atoms with Crippen molar-refractivity contribution in [1.82, 2.24) is 5.32 Å². The number of benzene rings is 1. The fourth-order valence-corrected chi connectivity index (χ4v) is 5.98. The minimum Gasteiger partial charge on any atom is -0.315 e. The number of rotatable bonds is 3. The van der Waals surface area contributed by atoms with Crippen molar-refractivity contribution >= 4 is 9.84 Å². The molecule has 0 heterocycles. The first-order chi connectivity index (χ1) is 9.30. The summed E-state index contributed by atoms with van der Waals surface area (Å²) in [4.78, 5) is 0.489. The molecule has 0 bridgehead atoms. The van der Waals surface area contributed by atoms with Gasteiger partial charge in [-0.15, -0.1) is 0 Å². The summed E-state index contributed by atoms with van der Waals surface area (Å²) in [7, 11) is -1.41. The average Bonchev–Trinajstić information content (AvgIpc) is 2.37. The van der Waals surface area contributed by atoms with Gasteiger partial charge in [0.2, 0.25) is 0 Å². The summed E-state index contributed by atoms with van der Waals surface area (Å²) in [6.07, 6.45) is 2.78. The quantitative estimate of drug-likeness (QED) is 0.932. The van der Waals surface area contributed by atoms with Crippen LogP contribution < -0.4 is 5.32 Å². The van der Waals surface area contributed by atoms with Gasteiger partial charge in [-0.05, 0) is 43.9 Å². The first-order valence-electron chi connectivity index (χ1n) is 7.27. The van der Waals surface area contributed by atoms with E-state index in [1.54, 1.807) is 6.07 Å². The van der Waals surface area contributed by atoms with Crippen molar-refractivity contribution in [1.29, 1.82) is 0 Å². The third-order valence-electron chi connectivity index (χ3n) is 4.63. The lowest BCUT2D eigenvalue weighted by Crippen LogP contribution is -2.54. The highest BCUT2D eigenvalue weighted by atomic mass is 32.2. The van der Waals surface area contributed by atoms with E-state index < -0.39 is 9.84 Å². The number of hydrogen-bond donors (Lipinski definition) is 1. The molecule has 2 unspecified atom stereocenters. The van der Waals surface area contributed by atoms with Crippen LogP contribution in [0.25, 0.3) is 0 Å². The molecule has 3 nitrogen and oxygen atoms in total. The molecule has 1 fully saturated rings. The minimum absolute atomic E-state index is 0.000793. The molecule has 1 saturated carbocycles. The average molecular weight is 295 g/mol. The van der Waals surface area contributed by atoms with Gasteiger partial charge in [0.05, 0.1) is 10.1 Å². The van der Waals surface area contributed by atoms with E-state index in [2.05, 4.69) is 19.2 Å². The molecule has 0 aliphatic heterocycles. The highest BCUT2D eigenvalue weighted by molar-refractivity contribution is 7.92. The van der Waals surface area contributed by atoms with Gasteiger partial charge in [-0.25, -0.2) is 8.42 Å². The molecule has 0 saturated heterocycles. The Bertz CT molecular complexity index is 578. The van der Waals surface area contributed by atoms with E-state index in [4.69, 9.17) is 0 Å². The zero-order chi connectivity index (χ0) is 15.0. The maximum atomic E-state index is 13.0. The Morgan fingerprint density at radius 2 is 1.90 bits per heavy atom. The van der Waals surface area contributed by atoms with Gasteiger partial charge in [0.25, 0.3) is 0 Å². The first kappa shape index (κ1) is 15.5. The summed E-state index contributed by atoms with van der Waals surface area (Å²) in [5, 5.41) is 2.92. The Balaban J connectivity index is 2.46. The maximum Gasteiger partial charge on any atom is 0.183 e. The molecule has 20 heavy (non-hydrogen) atoms. The van der Waals surface area contributed by atoms with Gasteiger partial charge in [0, 0.05) is 6.04 Å². The largest absolute Gasteiger partial charge is 0.315 e. The second-order valence-electron chi connectivity index (χ2n) is 6.50. The first-order valence-corrected chi connectivity index (χ1v) is 8.82. The van der Waals surface area contributed by atoms with Gasteiger partial charge in [-0.2, -0.15) is 0 Å². The zero-order valence-electron chi connectivity index (χ0n) is 12.8. The molecule has 112 valence electrons. The predicted molar refractivity (Wildman–Crippen MR) is 82.6 cm³/mol. The summed E-state index contributed by atoms with van der Waals surface area (Å²) in [5.41, 5.74) is 0.846. The van der Waals surface area contributed by atoms with E-state index in [0.717, 1.165) is 24.8 Å². The van der Waals surface area contributed by atoms with E-state index in [-0.39, 0.29) is 16.7 Å². The third kappa shape index (κ3) is 2.63. The van der Waals surface area contributed by atoms with Crippen LogP contribution in [0.4, 0.5) is 0 Å². The van der Waals surface area contributed by atoms with Crippen LogP contribution in [0.5, 0.6) is 0 Å². The molecular weight excluding hydrogens is 270 g/mol. The van der Waals surface area contributed by atoms with Crippen molar-refractivity contribution in [3.8, 4) is 0 Å². The molecule has 0 aromatic heterocycles. The molecule has 0 radical (unpaired) electrons. The van der Waals surface area contributed by atoms with Crippen LogP contribution in [0.2, 0.25) is 0 Å². The number of sulfone groups is 1. The van der Waals surface area contributed by atoms with E-state index in [1.165, 1.54) is 0 Å². The fourth-order valence-electron chi connectivity index (χ4n) is 3.53. The van der Waals surface area contributed by atoms with Gasteiger partial charge >= 0.3 is 0 Å². The number of aryl methyl sites for hydroxylation is 1. The van der Waals surface area contributed by atoms with Gasteiger partial charge in [0.15, 0.2) is 9.84 Å². The Morgan fingerprint density at radius 3 is 2.50 bits per heavy atom. The van der Waals surface area contributed by atoms with E-state index in [0.29, 0.717) is 4.90 Å². The molecule has 1 N–H and O–H groups in total. The highest BCUT2D eigenvalue weighted by Crippen LogP contribution is 2.40. The summed E-state index contributed by atoms with van der Waals surface area (Å²) in [6, 6.07) is 7.30. The zero-order valence-corrected chi connectivity index (χ0v) is 13.6. The van der Waals surface area contributed by atoms with Crippen molar-refractivity contribution in [2.45, 2.75) is 56.2 Å². The Labute approximate surface area is 122 Å². The van der Waals surface area contributed by atoms with E-state index in [9.17, 15) is 8.42 Å². The number of nitrogens with one attached hydrogen (secondary N) is 1. The van der Waals surface area contributed by atoms with Crippen molar-refractivity contribution < 1.29 is 8.42 Å². The summed E-state index contributed by atoms with van der Waals surface area (Å²) in [5.74, 6) is 0. The summed E-state index contributed by atoms with van der Waals surface area (Å²) < 4.78 is 26.1. The minimum atomic E-state index is -3.29. The molecule has 1 aromatic carbocycles. The SMILES string of the molecule is CNC1C(S(=O)(=O)c2ccccc2C)CCCC1(C)C. The fraction of sp³-hybridized carbons (Fsp3) is 0.625. The molecule has 1 aromatic rings. The van der Waals surface area contributed by atoms with E-state index >= 15 is 0 Å². The van der Waals surface area contributed by atoms with Gasteiger partial charge < -0.3 is 5.32 Å². The van der Waals surface area contributed by atoms with E-state index in [1.807, 2.05) is 32.2 Å². The Morgan fingerprint density at radius 1 is 1.25 bits per heavy atom. The molecule has 0 amide bonds. The van der Waals surface area contributed by atoms with Crippen molar-refractivity contribution in [3.05, 3.63) is 29.8 Å². The second kappa shape index (κ2) is 5.49. The second-order valence-corrected chi connectivity index (χ2v) is 8.63. The van der Waals surface area contributed by atoms with Gasteiger partial charge in [0.1, 0.15) is 0 Å². The molecular formula is C16H25NO2S.